The number of hydrogen-bond acceptors (Lipinski definition) is 10. The lowest BCUT2D eigenvalue weighted by atomic mass is 10.0. The number of fused-ring (bicyclic) bond motifs is 4. The number of amides is 4. The predicted octanol–water partition coefficient (Wildman–Crippen LogP) is 2.79. The van der Waals surface area contributed by atoms with Crippen LogP contribution < -0.4 is 21.5 Å². The van der Waals surface area contributed by atoms with Gasteiger partial charge < -0.3 is 25.8 Å². The fraction of sp³-hybridized carbons (Fsp3) is 0.355. The Kier molecular flexibility index (Phi) is 10.3. The number of aryl methyl sites for hydroxylation is 1. The van der Waals surface area contributed by atoms with Crippen molar-refractivity contribution in [2.24, 2.45) is 5.92 Å². The van der Waals surface area contributed by atoms with E-state index >= 15 is 0 Å². The number of aromatic amines is 1. The summed E-state index contributed by atoms with van der Waals surface area (Å²) in [5, 5.41) is 13.2. The normalized spacial score (nSPS) is 18.2. The number of H-pyrrole nitrogens is 1. The minimum Gasteiger partial charge on any atom is -0.351 e. The highest BCUT2D eigenvalue weighted by atomic mass is 32.1. The molecule has 3 aromatic heterocycles. The first-order valence-corrected chi connectivity index (χ1v) is 16.5. The van der Waals surface area contributed by atoms with Crippen molar-refractivity contribution >= 4 is 46.3 Å². The van der Waals surface area contributed by atoms with Crippen molar-refractivity contribution in [2.45, 2.75) is 45.7 Å². The van der Waals surface area contributed by atoms with Gasteiger partial charge in [0.15, 0.2) is 0 Å². The van der Waals surface area contributed by atoms with Crippen LogP contribution in [-0.2, 0) is 11.2 Å². The smallest absolute Gasteiger partial charge is 0.271 e. The predicted molar refractivity (Wildman–Crippen MR) is 173 cm³/mol. The van der Waals surface area contributed by atoms with Gasteiger partial charge in [-0.1, -0.05) is 44.2 Å². The van der Waals surface area contributed by atoms with Crippen molar-refractivity contribution in [2.75, 3.05) is 19.6 Å². The molecule has 0 fully saturated rings. The van der Waals surface area contributed by atoms with Crippen molar-refractivity contribution < 1.29 is 19.2 Å². The van der Waals surface area contributed by atoms with Crippen LogP contribution in [0.1, 0.15) is 85.1 Å². The van der Waals surface area contributed by atoms with Gasteiger partial charge in [-0.2, -0.15) is 0 Å². The van der Waals surface area contributed by atoms with Gasteiger partial charge in [0.2, 0.25) is 5.91 Å². The van der Waals surface area contributed by atoms with E-state index in [-0.39, 0.29) is 42.5 Å². The Labute approximate surface area is 272 Å². The van der Waals surface area contributed by atoms with E-state index in [0.29, 0.717) is 28.7 Å². The highest BCUT2D eigenvalue weighted by Gasteiger charge is 2.28. The van der Waals surface area contributed by atoms with Crippen LogP contribution in [0.25, 0.3) is 0 Å². The quantitative estimate of drug-likeness (QED) is 0.258. The van der Waals surface area contributed by atoms with Crippen LogP contribution in [0.3, 0.4) is 0 Å². The molecular weight excluding hydrogens is 629 g/mol. The Morgan fingerprint density at radius 1 is 0.978 bits per heavy atom. The summed E-state index contributed by atoms with van der Waals surface area (Å²) in [6, 6.07) is 8.48. The summed E-state index contributed by atoms with van der Waals surface area (Å²) in [6.45, 7) is 5.39. The van der Waals surface area contributed by atoms with Gasteiger partial charge in [-0.3, -0.25) is 24.0 Å². The van der Waals surface area contributed by atoms with Gasteiger partial charge in [0.05, 0.1) is 18.6 Å². The maximum atomic E-state index is 13.5. The highest BCUT2D eigenvalue weighted by Crippen LogP contribution is 2.27. The molecule has 5 rings (SSSR count). The number of thiazole rings is 2. The molecule has 4 amide bonds. The molecule has 15 heteroatoms. The van der Waals surface area contributed by atoms with Gasteiger partial charge in [0, 0.05) is 30.0 Å². The second kappa shape index (κ2) is 14.6. The molecule has 0 radical (unpaired) electrons. The molecule has 240 valence electrons. The van der Waals surface area contributed by atoms with E-state index in [0.717, 1.165) is 5.56 Å². The van der Waals surface area contributed by atoms with Gasteiger partial charge in [-0.25, -0.2) is 15.0 Å². The molecule has 1 aliphatic heterocycles. The Morgan fingerprint density at radius 3 is 2.39 bits per heavy atom. The minimum atomic E-state index is -0.669. The highest BCUT2D eigenvalue weighted by molar-refractivity contribution is 7.10. The zero-order valence-corrected chi connectivity index (χ0v) is 27.2. The van der Waals surface area contributed by atoms with Crippen LogP contribution in [-0.4, -0.2) is 68.1 Å². The average molecular weight is 663 g/mol. The molecular formula is C31H34N8O5S2. The third-order valence-electron chi connectivity index (χ3n) is 7.31. The van der Waals surface area contributed by atoms with Crippen LogP contribution in [0.2, 0.25) is 0 Å². The lowest BCUT2D eigenvalue weighted by molar-refractivity contribution is -0.122. The summed E-state index contributed by atoms with van der Waals surface area (Å²) in [4.78, 5) is 82.8. The number of aromatic nitrogens is 4. The van der Waals surface area contributed by atoms with Crippen LogP contribution in [0.15, 0.2) is 52.1 Å². The SMILES string of the molecule is Cc1ncc(C(=O)N2CCCNC(=O)c3csc(n3)[C@H](C(C)C)NC(=O)c3csc(n3)[C@H](Cc3ccccc3)NC(=O)C2)c(=O)[nH]1. The van der Waals surface area contributed by atoms with Gasteiger partial charge in [-0.15, -0.1) is 22.7 Å². The topological polar surface area (TPSA) is 179 Å². The van der Waals surface area contributed by atoms with Crippen LogP contribution >= 0.6 is 22.7 Å². The Balaban J connectivity index is 1.48. The van der Waals surface area contributed by atoms with E-state index < -0.39 is 41.3 Å². The monoisotopic (exact) mass is 662 g/mol. The van der Waals surface area contributed by atoms with Crippen molar-refractivity contribution in [1.82, 2.24) is 40.8 Å². The molecule has 0 saturated carbocycles. The summed E-state index contributed by atoms with van der Waals surface area (Å²) in [7, 11) is 0. The lowest BCUT2D eigenvalue weighted by Crippen LogP contribution is -2.44. The molecule has 4 bridgehead atoms. The summed E-state index contributed by atoms with van der Waals surface area (Å²) < 4.78 is 0. The average Bonchev–Trinajstić information content (AvgIpc) is 3.72. The van der Waals surface area contributed by atoms with E-state index in [4.69, 9.17) is 0 Å². The Hall–Kier alpha value is -4.76. The molecule has 46 heavy (non-hydrogen) atoms. The van der Waals surface area contributed by atoms with Gasteiger partial charge in [0.1, 0.15) is 32.8 Å². The molecule has 4 N–H and O–H groups in total. The first kappa shape index (κ1) is 32.6. The molecule has 0 unspecified atom stereocenters. The maximum absolute atomic E-state index is 13.5. The van der Waals surface area contributed by atoms with Crippen molar-refractivity contribution in [1.29, 1.82) is 0 Å². The zero-order valence-electron chi connectivity index (χ0n) is 25.5. The van der Waals surface area contributed by atoms with E-state index in [9.17, 15) is 24.0 Å². The summed E-state index contributed by atoms with van der Waals surface area (Å²) in [5.74, 6) is -1.64. The molecule has 4 heterocycles. The molecule has 2 atom stereocenters. The molecule has 0 spiro atoms. The van der Waals surface area contributed by atoms with E-state index in [1.54, 1.807) is 17.7 Å². The first-order valence-electron chi connectivity index (χ1n) is 14.8. The van der Waals surface area contributed by atoms with Crippen LogP contribution in [0, 0.1) is 12.8 Å². The van der Waals surface area contributed by atoms with E-state index in [1.165, 1.54) is 33.8 Å². The third kappa shape index (κ3) is 7.90. The van der Waals surface area contributed by atoms with E-state index in [2.05, 4.69) is 35.9 Å². The largest absolute Gasteiger partial charge is 0.351 e. The van der Waals surface area contributed by atoms with Crippen molar-refractivity contribution in [3.8, 4) is 0 Å². The summed E-state index contributed by atoms with van der Waals surface area (Å²) >= 11 is 2.52. The standard InChI is InChI=1S/C31H34N8O5S2/c1-17(2)25-30-37-22(15-46-30)27(42)32-10-7-11-39(31(44)20-13-33-18(3)34-26(20)41)14-24(40)35-21(12-19-8-5-4-6-9-19)29-36-23(16-45-29)28(43)38-25/h4-6,8-9,13,15-17,21,25H,7,10-12,14H2,1-3H3,(H,32,42)(H,35,40)(H,38,43)(H,33,34,41)/t21-,25-/m0/s1. The Morgan fingerprint density at radius 2 is 1.67 bits per heavy atom. The van der Waals surface area contributed by atoms with Gasteiger partial charge in [-0.05, 0) is 31.2 Å². The molecule has 13 nitrogen and oxygen atoms in total. The fourth-order valence-corrected chi connectivity index (χ4v) is 6.77. The zero-order chi connectivity index (χ0) is 32.8. The number of carbonyl (C=O) groups excluding carboxylic acids is 4. The maximum Gasteiger partial charge on any atom is 0.271 e. The van der Waals surface area contributed by atoms with Crippen LogP contribution in [0.4, 0.5) is 0 Å². The molecule has 4 aromatic rings. The van der Waals surface area contributed by atoms with E-state index in [1.807, 2.05) is 44.2 Å². The first-order chi connectivity index (χ1) is 22.1. The number of carbonyl (C=O) groups is 4. The number of nitrogens with one attached hydrogen (secondary N) is 4. The Bertz CT molecular complexity index is 1780. The van der Waals surface area contributed by atoms with Gasteiger partial charge >= 0.3 is 0 Å². The summed E-state index contributed by atoms with van der Waals surface area (Å²) in [5.41, 5.74) is 0.520. The van der Waals surface area contributed by atoms with Crippen molar-refractivity contribution in [3.05, 3.63) is 96.0 Å². The second-order valence-electron chi connectivity index (χ2n) is 11.2. The molecule has 0 aliphatic carbocycles. The molecule has 0 saturated heterocycles. The molecule has 1 aliphatic rings. The lowest BCUT2D eigenvalue weighted by Gasteiger charge is -2.24. The molecule has 1 aromatic carbocycles. The number of benzene rings is 1. The second-order valence-corrected chi connectivity index (χ2v) is 13.0. The number of hydrogen-bond donors (Lipinski definition) is 4. The number of nitrogens with zero attached hydrogens (tertiary/aromatic N) is 4. The van der Waals surface area contributed by atoms with Crippen LogP contribution in [0.5, 0.6) is 0 Å². The third-order valence-corrected chi connectivity index (χ3v) is 9.20. The minimum absolute atomic E-state index is 0.0252. The summed E-state index contributed by atoms with van der Waals surface area (Å²) in [6.07, 6.45) is 1.88. The fourth-order valence-electron chi connectivity index (χ4n) is 4.90. The van der Waals surface area contributed by atoms with Gasteiger partial charge in [0.25, 0.3) is 23.3 Å². The number of rotatable bonds is 4. The van der Waals surface area contributed by atoms with Crippen molar-refractivity contribution in [3.63, 3.8) is 0 Å².